The van der Waals surface area contributed by atoms with E-state index in [4.69, 9.17) is 16.3 Å². The number of imide groups is 1. The molecule has 25 heavy (non-hydrogen) atoms. The normalized spacial score (nSPS) is 19.4. The third kappa shape index (κ3) is 3.48. The van der Waals surface area contributed by atoms with Gasteiger partial charge in [-0.15, -0.1) is 0 Å². The highest BCUT2D eigenvalue weighted by Gasteiger charge is 2.52. The monoisotopic (exact) mass is 365 g/mol. The number of amides is 4. The second kappa shape index (κ2) is 7.01. The summed E-state index contributed by atoms with van der Waals surface area (Å²) in [5.41, 5.74) is -0.0782. The van der Waals surface area contributed by atoms with Gasteiger partial charge in [-0.05, 0) is 30.5 Å². The first-order valence-electron chi connectivity index (χ1n) is 8.10. The number of urea groups is 1. The number of carbonyl (C=O) groups excluding carboxylic acids is 3. The number of hydrogen-bond donors (Lipinski definition) is 1. The van der Waals surface area contributed by atoms with Crippen molar-refractivity contribution in [1.29, 1.82) is 0 Å². The van der Waals surface area contributed by atoms with Crippen LogP contribution in [0.25, 0.3) is 0 Å². The van der Waals surface area contributed by atoms with Crippen molar-refractivity contribution in [3.63, 3.8) is 0 Å². The maximum absolute atomic E-state index is 12.9. The van der Waals surface area contributed by atoms with E-state index in [9.17, 15) is 14.4 Å². The van der Waals surface area contributed by atoms with E-state index in [1.165, 1.54) is 12.0 Å². The van der Waals surface area contributed by atoms with E-state index in [-0.39, 0.29) is 25.0 Å². The molecule has 0 bridgehead atoms. The fourth-order valence-electron chi connectivity index (χ4n) is 3.28. The Hall–Kier alpha value is -2.12. The van der Waals surface area contributed by atoms with Crippen molar-refractivity contribution in [2.75, 3.05) is 26.8 Å². The maximum Gasteiger partial charge on any atom is 0.325 e. The fraction of sp³-hybridized carbons (Fsp3) is 0.471. The number of likely N-dealkylation sites (tertiary alicyclic amines) is 1. The first-order valence-corrected chi connectivity index (χ1v) is 8.48. The molecular weight excluding hydrogens is 346 g/mol. The minimum absolute atomic E-state index is 0.0238. The van der Waals surface area contributed by atoms with Crippen LogP contribution in [0.4, 0.5) is 4.79 Å². The van der Waals surface area contributed by atoms with Crippen LogP contribution in [0.1, 0.15) is 18.4 Å². The van der Waals surface area contributed by atoms with Crippen LogP contribution in [0.2, 0.25) is 5.02 Å². The van der Waals surface area contributed by atoms with Crippen molar-refractivity contribution in [2.45, 2.75) is 24.9 Å². The number of carbonyl (C=O) groups is 3. The third-order valence-electron chi connectivity index (χ3n) is 4.74. The van der Waals surface area contributed by atoms with Crippen LogP contribution >= 0.6 is 11.6 Å². The average molecular weight is 366 g/mol. The van der Waals surface area contributed by atoms with Crippen LogP contribution in [-0.4, -0.2) is 60.0 Å². The Morgan fingerprint density at radius 1 is 1.24 bits per heavy atom. The Labute approximate surface area is 150 Å². The van der Waals surface area contributed by atoms with Gasteiger partial charge in [-0.3, -0.25) is 14.5 Å². The summed E-state index contributed by atoms with van der Waals surface area (Å²) in [7, 11) is 1.47. The molecule has 1 aromatic rings. The smallest absolute Gasteiger partial charge is 0.325 e. The zero-order chi connectivity index (χ0) is 18.0. The van der Waals surface area contributed by atoms with E-state index in [1.807, 2.05) is 0 Å². The lowest BCUT2D eigenvalue weighted by atomic mass is 9.87. The highest BCUT2D eigenvalue weighted by atomic mass is 35.5. The highest BCUT2D eigenvalue weighted by Crippen LogP contribution is 2.30. The van der Waals surface area contributed by atoms with Gasteiger partial charge in [0.2, 0.25) is 5.91 Å². The van der Waals surface area contributed by atoms with Gasteiger partial charge < -0.3 is 15.0 Å². The van der Waals surface area contributed by atoms with Gasteiger partial charge in [0.25, 0.3) is 5.91 Å². The van der Waals surface area contributed by atoms with Gasteiger partial charge in [0, 0.05) is 25.2 Å². The lowest BCUT2D eigenvalue weighted by Crippen LogP contribution is -2.56. The van der Waals surface area contributed by atoms with Crippen LogP contribution in [-0.2, 0) is 20.9 Å². The van der Waals surface area contributed by atoms with Crippen LogP contribution in [0.3, 0.4) is 0 Å². The minimum Gasteiger partial charge on any atom is -0.375 e. The Morgan fingerprint density at radius 3 is 2.48 bits per heavy atom. The molecule has 1 N–H and O–H groups in total. The second-order valence-corrected chi connectivity index (χ2v) is 6.78. The van der Waals surface area contributed by atoms with Crippen LogP contribution < -0.4 is 5.32 Å². The molecule has 3 rings (SSSR count). The zero-order valence-electron chi connectivity index (χ0n) is 14.0. The summed E-state index contributed by atoms with van der Waals surface area (Å²) in [5.74, 6) is -0.335. The van der Waals surface area contributed by atoms with E-state index in [0.717, 1.165) is 5.56 Å². The molecule has 2 aliphatic heterocycles. The summed E-state index contributed by atoms with van der Waals surface area (Å²) >= 11 is 5.86. The second-order valence-electron chi connectivity index (χ2n) is 6.34. The first-order chi connectivity index (χ1) is 11.9. The van der Waals surface area contributed by atoms with Crippen molar-refractivity contribution >= 4 is 29.4 Å². The van der Waals surface area contributed by atoms with Crippen molar-refractivity contribution in [3.8, 4) is 0 Å². The fourth-order valence-corrected chi connectivity index (χ4v) is 3.41. The Bertz CT molecular complexity index is 684. The minimum atomic E-state index is -0.909. The lowest BCUT2D eigenvalue weighted by Gasteiger charge is -2.37. The predicted molar refractivity (Wildman–Crippen MR) is 91.0 cm³/mol. The maximum atomic E-state index is 12.9. The quantitative estimate of drug-likeness (QED) is 0.818. The first kappa shape index (κ1) is 17.7. The molecule has 2 fully saturated rings. The SMILES string of the molecule is COCC(=O)N1CCC2(CC1)NC(=O)N(Cc1ccc(Cl)cc1)C2=O. The summed E-state index contributed by atoms with van der Waals surface area (Å²) in [6.45, 7) is 1.07. The summed E-state index contributed by atoms with van der Waals surface area (Å²) in [6.07, 6.45) is 0.814. The van der Waals surface area contributed by atoms with Gasteiger partial charge in [-0.2, -0.15) is 0 Å². The standard InChI is InChI=1S/C17H20ClN3O4/c1-25-11-14(22)20-8-6-17(7-9-20)15(23)21(16(24)19-17)10-12-2-4-13(18)5-3-12/h2-5H,6-11H2,1H3,(H,19,24). The Morgan fingerprint density at radius 2 is 1.88 bits per heavy atom. The molecule has 2 heterocycles. The van der Waals surface area contributed by atoms with E-state index in [2.05, 4.69) is 5.32 Å². The number of rotatable bonds is 4. The number of piperidine rings is 1. The third-order valence-corrected chi connectivity index (χ3v) is 4.99. The summed E-state index contributed by atoms with van der Waals surface area (Å²) < 4.78 is 4.86. The molecule has 8 heteroatoms. The van der Waals surface area contributed by atoms with Crippen molar-refractivity contribution in [1.82, 2.24) is 15.1 Å². The van der Waals surface area contributed by atoms with E-state index < -0.39 is 11.6 Å². The lowest BCUT2D eigenvalue weighted by molar-refractivity contribution is -0.140. The van der Waals surface area contributed by atoms with E-state index in [1.54, 1.807) is 29.2 Å². The van der Waals surface area contributed by atoms with Gasteiger partial charge in [-0.25, -0.2) is 4.79 Å². The predicted octanol–water partition coefficient (Wildman–Crippen LogP) is 1.40. The van der Waals surface area contributed by atoms with Crippen LogP contribution in [0.15, 0.2) is 24.3 Å². The van der Waals surface area contributed by atoms with Gasteiger partial charge in [0.15, 0.2) is 0 Å². The molecule has 0 saturated carbocycles. The topological polar surface area (TPSA) is 79.0 Å². The van der Waals surface area contributed by atoms with Crippen molar-refractivity contribution < 1.29 is 19.1 Å². The molecule has 0 atom stereocenters. The summed E-state index contributed by atoms with van der Waals surface area (Å²) in [5, 5.41) is 3.44. The molecular formula is C17H20ClN3O4. The summed E-state index contributed by atoms with van der Waals surface area (Å²) in [6, 6.07) is 6.65. The van der Waals surface area contributed by atoms with Gasteiger partial charge in [-0.1, -0.05) is 23.7 Å². The highest BCUT2D eigenvalue weighted by molar-refractivity contribution is 6.30. The largest absolute Gasteiger partial charge is 0.375 e. The number of hydrogen-bond acceptors (Lipinski definition) is 4. The molecule has 0 aromatic heterocycles. The van der Waals surface area contributed by atoms with Crippen LogP contribution in [0.5, 0.6) is 0 Å². The van der Waals surface area contributed by atoms with Crippen molar-refractivity contribution in [2.24, 2.45) is 0 Å². The molecule has 0 unspecified atom stereocenters. The van der Waals surface area contributed by atoms with E-state index in [0.29, 0.717) is 31.0 Å². The average Bonchev–Trinajstić information content (AvgIpc) is 2.82. The molecule has 2 aliphatic rings. The zero-order valence-corrected chi connectivity index (χ0v) is 14.7. The summed E-state index contributed by atoms with van der Waals surface area (Å²) in [4.78, 5) is 40.0. The number of benzene rings is 1. The molecule has 0 radical (unpaired) electrons. The van der Waals surface area contributed by atoms with Gasteiger partial charge >= 0.3 is 6.03 Å². The van der Waals surface area contributed by atoms with Crippen LogP contribution in [0, 0.1) is 0 Å². The van der Waals surface area contributed by atoms with E-state index >= 15 is 0 Å². The molecule has 7 nitrogen and oxygen atoms in total. The Balaban J connectivity index is 1.67. The molecule has 0 aliphatic carbocycles. The van der Waals surface area contributed by atoms with Gasteiger partial charge in [0.05, 0.1) is 6.54 Å². The molecule has 4 amide bonds. The number of nitrogens with one attached hydrogen (secondary N) is 1. The van der Waals surface area contributed by atoms with Gasteiger partial charge in [0.1, 0.15) is 12.1 Å². The molecule has 2 saturated heterocycles. The Kier molecular flexibility index (Phi) is 4.96. The van der Waals surface area contributed by atoms with Crippen molar-refractivity contribution in [3.05, 3.63) is 34.9 Å². The number of ether oxygens (including phenoxy) is 1. The number of halogens is 1. The molecule has 134 valence electrons. The number of methoxy groups -OCH3 is 1. The molecule has 1 spiro atoms. The number of nitrogens with zero attached hydrogens (tertiary/aromatic N) is 2. The molecule has 1 aromatic carbocycles.